The van der Waals surface area contributed by atoms with Gasteiger partial charge in [0.2, 0.25) is 0 Å². The second-order valence-electron chi connectivity index (χ2n) is 3.24. The molecule has 0 saturated carbocycles. The number of halogens is 3. The van der Waals surface area contributed by atoms with Gasteiger partial charge in [0.1, 0.15) is 0 Å². The monoisotopic (exact) mass is 266 g/mol. The number of carbonyl (C=O) groups is 1. The van der Waals surface area contributed by atoms with Crippen LogP contribution in [0.2, 0.25) is 0 Å². The van der Waals surface area contributed by atoms with Crippen LogP contribution in [0.25, 0.3) is 0 Å². The van der Waals surface area contributed by atoms with Crippen molar-refractivity contribution < 1.29 is 32.9 Å². The molecule has 0 aliphatic rings. The zero-order valence-corrected chi connectivity index (χ0v) is 8.86. The first-order chi connectivity index (χ1) is 8.24. The number of aliphatic carboxylic acids is 1. The van der Waals surface area contributed by atoms with E-state index in [0.29, 0.717) is 0 Å². The first kappa shape index (κ1) is 14.0. The first-order valence-corrected chi connectivity index (χ1v) is 4.62. The van der Waals surface area contributed by atoms with Gasteiger partial charge in [-0.2, -0.15) is 0 Å². The van der Waals surface area contributed by atoms with E-state index in [1.54, 1.807) is 0 Å². The SMILES string of the molecule is NCc1cnc(OC(F)(F)F)c(O)c1CC(=O)O. The molecule has 0 spiro atoms. The number of hydrogen-bond donors (Lipinski definition) is 3. The fourth-order valence-electron chi connectivity index (χ4n) is 1.27. The van der Waals surface area contributed by atoms with Gasteiger partial charge >= 0.3 is 12.3 Å². The van der Waals surface area contributed by atoms with Crippen LogP contribution in [0.15, 0.2) is 6.20 Å². The lowest BCUT2D eigenvalue weighted by Crippen LogP contribution is -2.19. The fraction of sp³-hybridized carbons (Fsp3) is 0.333. The Morgan fingerprint density at radius 2 is 2.11 bits per heavy atom. The van der Waals surface area contributed by atoms with Crippen LogP contribution < -0.4 is 10.5 Å². The summed E-state index contributed by atoms with van der Waals surface area (Å²) in [5.74, 6) is -3.40. The van der Waals surface area contributed by atoms with Crippen molar-refractivity contribution in [1.29, 1.82) is 0 Å². The number of carboxylic acid groups (broad SMARTS) is 1. The van der Waals surface area contributed by atoms with Crippen LogP contribution in [0.1, 0.15) is 11.1 Å². The topological polar surface area (TPSA) is 106 Å². The summed E-state index contributed by atoms with van der Waals surface area (Å²) in [5.41, 5.74) is 5.14. The third-order valence-corrected chi connectivity index (χ3v) is 1.97. The number of pyridine rings is 1. The first-order valence-electron chi connectivity index (χ1n) is 4.62. The fourth-order valence-corrected chi connectivity index (χ4v) is 1.27. The second kappa shape index (κ2) is 5.08. The molecule has 0 bridgehead atoms. The predicted octanol–water partition coefficient (Wildman–Crippen LogP) is 0.772. The molecule has 0 aliphatic carbocycles. The molecule has 6 nitrogen and oxygen atoms in total. The molecule has 0 atom stereocenters. The van der Waals surface area contributed by atoms with Crippen LogP contribution in [0.5, 0.6) is 11.6 Å². The molecule has 0 fully saturated rings. The maximum absolute atomic E-state index is 12.0. The van der Waals surface area contributed by atoms with Crippen LogP contribution in [-0.4, -0.2) is 27.5 Å². The van der Waals surface area contributed by atoms with Crippen molar-refractivity contribution in [2.24, 2.45) is 5.73 Å². The van der Waals surface area contributed by atoms with Crippen LogP contribution in [0.4, 0.5) is 13.2 Å². The number of rotatable bonds is 4. The Morgan fingerprint density at radius 3 is 2.56 bits per heavy atom. The summed E-state index contributed by atoms with van der Waals surface area (Å²) in [5, 5.41) is 18.1. The van der Waals surface area contributed by atoms with Crippen molar-refractivity contribution in [2.75, 3.05) is 0 Å². The molecule has 0 amide bonds. The van der Waals surface area contributed by atoms with Gasteiger partial charge in [0.15, 0.2) is 5.75 Å². The average molecular weight is 266 g/mol. The van der Waals surface area contributed by atoms with Crippen LogP contribution in [0, 0.1) is 0 Å². The molecule has 9 heteroatoms. The molecule has 1 aromatic heterocycles. The standard InChI is InChI=1S/C9H9F3N2O4/c10-9(11,12)18-8-7(17)5(1-6(15)16)4(2-13)3-14-8/h3,17H,1-2,13H2,(H,15,16). The van der Waals surface area contributed by atoms with Gasteiger partial charge in [-0.15, -0.1) is 13.2 Å². The molecule has 4 N–H and O–H groups in total. The summed E-state index contributed by atoms with van der Waals surface area (Å²) in [4.78, 5) is 13.8. The van der Waals surface area contributed by atoms with Gasteiger partial charge in [0.25, 0.3) is 5.88 Å². The van der Waals surface area contributed by atoms with E-state index in [1.165, 1.54) is 0 Å². The third-order valence-electron chi connectivity index (χ3n) is 1.97. The van der Waals surface area contributed by atoms with E-state index >= 15 is 0 Å². The van der Waals surface area contributed by atoms with E-state index in [1.807, 2.05) is 0 Å². The zero-order chi connectivity index (χ0) is 13.9. The molecule has 18 heavy (non-hydrogen) atoms. The lowest BCUT2D eigenvalue weighted by molar-refractivity contribution is -0.276. The minimum Gasteiger partial charge on any atom is -0.503 e. The molecule has 0 radical (unpaired) electrons. The van der Waals surface area contributed by atoms with Gasteiger partial charge in [-0.3, -0.25) is 4.79 Å². The number of aromatic nitrogens is 1. The van der Waals surface area contributed by atoms with Gasteiger partial charge in [-0.1, -0.05) is 0 Å². The van der Waals surface area contributed by atoms with E-state index in [4.69, 9.17) is 10.8 Å². The van der Waals surface area contributed by atoms with Gasteiger partial charge in [0, 0.05) is 18.3 Å². The van der Waals surface area contributed by atoms with Crippen molar-refractivity contribution in [3.8, 4) is 11.6 Å². The molecular weight excluding hydrogens is 257 g/mol. The smallest absolute Gasteiger partial charge is 0.503 e. The Balaban J connectivity index is 3.20. The highest BCUT2D eigenvalue weighted by Crippen LogP contribution is 2.33. The molecule has 0 aliphatic heterocycles. The summed E-state index contributed by atoms with van der Waals surface area (Å²) >= 11 is 0. The van der Waals surface area contributed by atoms with Crippen molar-refractivity contribution in [3.63, 3.8) is 0 Å². The van der Waals surface area contributed by atoms with Crippen molar-refractivity contribution in [1.82, 2.24) is 4.98 Å². The van der Waals surface area contributed by atoms with Gasteiger partial charge in [0.05, 0.1) is 6.42 Å². The third kappa shape index (κ3) is 3.48. The summed E-state index contributed by atoms with van der Waals surface area (Å²) in [6.07, 6.45) is -4.79. The lowest BCUT2D eigenvalue weighted by Gasteiger charge is -2.13. The van der Waals surface area contributed by atoms with Crippen LogP contribution >= 0.6 is 0 Å². The molecule has 0 aromatic carbocycles. The largest absolute Gasteiger partial charge is 0.574 e. The predicted molar refractivity (Wildman–Crippen MR) is 51.8 cm³/mol. The quantitative estimate of drug-likeness (QED) is 0.743. The Kier molecular flexibility index (Phi) is 3.96. The average Bonchev–Trinajstić information content (AvgIpc) is 2.22. The molecule has 1 aromatic rings. The van der Waals surface area contributed by atoms with Gasteiger partial charge in [-0.25, -0.2) is 4.98 Å². The maximum Gasteiger partial charge on any atom is 0.574 e. The molecule has 1 rings (SSSR count). The maximum atomic E-state index is 12.0. The highest BCUT2D eigenvalue weighted by Gasteiger charge is 2.34. The van der Waals surface area contributed by atoms with Gasteiger partial charge in [-0.05, 0) is 5.56 Å². The van der Waals surface area contributed by atoms with E-state index in [-0.39, 0.29) is 17.7 Å². The van der Waals surface area contributed by atoms with Crippen molar-refractivity contribution in [2.45, 2.75) is 19.3 Å². The second-order valence-corrected chi connectivity index (χ2v) is 3.24. The Bertz CT molecular complexity index is 462. The Labute approximate surface area is 98.8 Å². The number of ether oxygens (including phenoxy) is 1. The van der Waals surface area contributed by atoms with Gasteiger partial charge < -0.3 is 20.7 Å². The van der Waals surface area contributed by atoms with Crippen molar-refractivity contribution in [3.05, 3.63) is 17.3 Å². The van der Waals surface area contributed by atoms with E-state index in [9.17, 15) is 23.1 Å². The molecule has 0 saturated heterocycles. The molecular formula is C9H9F3N2O4. The Hall–Kier alpha value is -2.03. The summed E-state index contributed by atoms with van der Waals surface area (Å²) < 4.78 is 39.4. The number of nitrogens with two attached hydrogens (primary N) is 1. The summed E-state index contributed by atoms with van der Waals surface area (Å²) in [6, 6.07) is 0. The molecule has 0 unspecified atom stereocenters. The minimum atomic E-state index is -5.03. The number of hydrogen-bond acceptors (Lipinski definition) is 5. The highest BCUT2D eigenvalue weighted by molar-refractivity contribution is 5.72. The van der Waals surface area contributed by atoms with E-state index in [2.05, 4.69) is 9.72 Å². The summed E-state index contributed by atoms with van der Waals surface area (Å²) in [6.45, 7) is -0.171. The number of carboxylic acids is 1. The number of aromatic hydroxyl groups is 1. The Morgan fingerprint density at radius 1 is 1.50 bits per heavy atom. The van der Waals surface area contributed by atoms with Crippen LogP contribution in [-0.2, 0) is 17.8 Å². The molecule has 100 valence electrons. The lowest BCUT2D eigenvalue weighted by atomic mass is 10.1. The molecule has 1 heterocycles. The normalized spacial score (nSPS) is 11.3. The van der Waals surface area contributed by atoms with E-state index < -0.39 is 30.4 Å². The highest BCUT2D eigenvalue weighted by atomic mass is 19.4. The minimum absolute atomic E-state index is 0.129. The zero-order valence-electron chi connectivity index (χ0n) is 8.86. The number of nitrogens with zero attached hydrogens (tertiary/aromatic N) is 1. The van der Waals surface area contributed by atoms with Crippen molar-refractivity contribution >= 4 is 5.97 Å². The van der Waals surface area contributed by atoms with E-state index in [0.717, 1.165) is 6.20 Å². The number of alkyl halides is 3. The summed E-state index contributed by atoms with van der Waals surface area (Å²) in [7, 11) is 0. The van der Waals surface area contributed by atoms with Crippen LogP contribution in [0.3, 0.4) is 0 Å².